The molecule has 0 aromatic rings. The molecule has 0 heterocycles. The van der Waals surface area contributed by atoms with E-state index in [4.69, 9.17) is 6.11 Å². The van der Waals surface area contributed by atoms with Gasteiger partial charge in [-0.25, -0.2) is 6.29 Å². The Balaban J connectivity index is -0.00000612. The molecule has 0 bridgehead atoms. The number of ether oxygens (including phenoxy) is 1. The fraction of sp³-hybridized carbons (Fsp3) is 0.636. The van der Waals surface area contributed by atoms with Crippen LogP contribution in [-0.4, -0.2) is 78.2 Å². The zero-order valence-corrected chi connectivity index (χ0v) is 27.6. The van der Waals surface area contributed by atoms with Gasteiger partial charge in [0.25, 0.3) is 0 Å². The van der Waals surface area contributed by atoms with E-state index in [1.54, 1.807) is 6.29 Å². The maximum atomic E-state index is 12.4. The van der Waals surface area contributed by atoms with Gasteiger partial charge in [-0.3, -0.25) is 19.2 Å². The first-order chi connectivity index (χ1) is 16.8. The fourth-order valence-corrected chi connectivity index (χ4v) is 2.65. The Bertz CT molecular complexity index is 824. The molecule has 37 heavy (non-hydrogen) atoms. The van der Waals surface area contributed by atoms with E-state index in [9.17, 15) is 33.6 Å². The molecule has 12 nitrogen and oxygen atoms in total. The van der Waals surface area contributed by atoms with Crippen LogP contribution < -0.4 is 21.3 Å². The summed E-state index contributed by atoms with van der Waals surface area (Å²) in [6.45, 7) is 5.63. The molecule has 0 aliphatic rings. The largest absolute Gasteiger partial charge is 0.540 e. The summed E-state index contributed by atoms with van der Waals surface area (Å²) in [4.78, 5) is 82.2. The van der Waals surface area contributed by atoms with Crippen molar-refractivity contribution in [2.45, 2.75) is 82.8 Å². The van der Waals surface area contributed by atoms with Gasteiger partial charge >= 0.3 is 5.97 Å². The second kappa shape index (κ2) is 22.5. The summed E-state index contributed by atoms with van der Waals surface area (Å²) in [5.41, 5.74) is 0. The van der Waals surface area contributed by atoms with Crippen molar-refractivity contribution < 1.29 is 89.3 Å². The standard InChI is InChI=1S/C22H34N4O8S.U.V/c1-5-18(29)25-16(21(32)23-13(2)11-27)8-6-7-9-34-19(30)10-17(26-20(31)15(4)35)22(33)24-14(3)12-28;;/h5,12-17,35H,6-10H2,1-4H3,(H,23,32)(H,24,33)(H,25,29)(H,26,31);;/q-2;;/i12T;;. The average Bonchev–Trinajstić information content (AvgIpc) is 2.81. The van der Waals surface area contributed by atoms with Crippen molar-refractivity contribution in [1.29, 1.82) is 0 Å². The molecule has 4 N–H and O–H groups in total. The third-order valence-corrected chi connectivity index (χ3v) is 4.73. The van der Waals surface area contributed by atoms with E-state index in [-0.39, 0.29) is 62.7 Å². The molecule has 0 spiro atoms. The van der Waals surface area contributed by atoms with Crippen LogP contribution in [0.15, 0.2) is 0 Å². The molecule has 5 unspecified atom stereocenters. The SMILES string of the molecule is [3H]C(=O)C(C)NC(=O)C(CC(=O)OCCCCC(NC(=O)[CH-]C)C(=O)NC(C)[C-]=O)NC(=O)C(C)S.[U].[V]. The molecule has 15 heteroatoms. The zero-order valence-electron chi connectivity index (χ0n) is 22.2. The van der Waals surface area contributed by atoms with Crippen LogP contribution >= 0.6 is 12.6 Å². The number of thiol groups is 1. The van der Waals surface area contributed by atoms with Crippen LogP contribution in [0, 0.1) is 37.5 Å². The number of hydrogen-bond acceptors (Lipinski definition) is 9. The average molecular weight is 806 g/mol. The number of amides is 4. The van der Waals surface area contributed by atoms with Crippen LogP contribution in [-0.2, 0) is 56.9 Å². The molecular formula is C22H34N4O8SUV-2. The molecule has 0 aromatic carbocycles. The van der Waals surface area contributed by atoms with Gasteiger partial charge in [0, 0.05) is 49.7 Å². The van der Waals surface area contributed by atoms with Gasteiger partial charge < -0.3 is 46.8 Å². The van der Waals surface area contributed by atoms with Crippen molar-refractivity contribution in [3.63, 3.8) is 0 Å². The quantitative estimate of drug-likeness (QED) is 0.0406. The van der Waals surface area contributed by atoms with Crippen molar-refractivity contribution in [2.24, 2.45) is 0 Å². The fourth-order valence-electron chi connectivity index (χ4n) is 2.57. The van der Waals surface area contributed by atoms with Crippen LogP contribution in [0.4, 0.5) is 0 Å². The Morgan fingerprint density at radius 3 is 2.11 bits per heavy atom. The predicted molar refractivity (Wildman–Crippen MR) is 129 cm³/mol. The van der Waals surface area contributed by atoms with E-state index in [0.717, 1.165) is 0 Å². The minimum atomic E-state index is -1.34. The Hall–Kier alpha value is -1.45. The van der Waals surface area contributed by atoms with Gasteiger partial charge in [0.1, 0.15) is 19.7 Å². The summed E-state index contributed by atoms with van der Waals surface area (Å²) in [6, 6.07) is -4.23. The monoisotopic (exact) mass is 805 g/mol. The number of esters is 1. The topological polar surface area (TPSA) is 177 Å². The van der Waals surface area contributed by atoms with E-state index in [2.05, 4.69) is 33.9 Å². The number of unbranched alkanes of at least 4 members (excludes halogenated alkanes) is 1. The Labute approximate surface area is 259 Å². The molecule has 0 rings (SSSR count). The molecule has 0 aliphatic carbocycles. The second-order valence-electron chi connectivity index (χ2n) is 7.70. The molecule has 5 atom stereocenters. The first-order valence-corrected chi connectivity index (χ1v) is 11.6. The molecule has 1 radical (unpaired) electrons. The number of rotatable bonds is 17. The van der Waals surface area contributed by atoms with E-state index >= 15 is 0 Å². The number of hydrogen-bond donors (Lipinski definition) is 5. The van der Waals surface area contributed by atoms with Crippen LogP contribution in [0.3, 0.4) is 0 Å². The minimum absolute atomic E-state index is 0. The first kappa shape index (κ1) is 37.7. The first-order valence-electron chi connectivity index (χ1n) is 11.5. The summed E-state index contributed by atoms with van der Waals surface area (Å²) >= 11 is 3.97. The van der Waals surface area contributed by atoms with E-state index in [0.29, 0.717) is 12.8 Å². The predicted octanol–water partition coefficient (Wildman–Crippen LogP) is -1.08. The van der Waals surface area contributed by atoms with Gasteiger partial charge in [0.2, 0.25) is 17.7 Å². The maximum Gasteiger partial charge on any atom is 0.308 e. The van der Waals surface area contributed by atoms with E-state index in [1.807, 2.05) is 0 Å². The molecule has 0 aliphatic heterocycles. The number of carbonyl (C=O) groups excluding carboxylic acids is 7. The maximum absolute atomic E-state index is 12.4. The van der Waals surface area contributed by atoms with Gasteiger partial charge in [-0.15, -0.1) is 0 Å². The van der Waals surface area contributed by atoms with Gasteiger partial charge in [0.15, 0.2) is 0 Å². The molecular weight excluding hydrogens is 769 g/mol. The second-order valence-corrected chi connectivity index (χ2v) is 8.48. The number of aldehydes is 1. The number of carbonyl (C=O) groups is 6. The van der Waals surface area contributed by atoms with Gasteiger partial charge in [-0.1, -0.05) is 13.0 Å². The molecule has 0 saturated heterocycles. The summed E-state index contributed by atoms with van der Waals surface area (Å²) < 4.78 is 12.1. The molecule has 0 aromatic heterocycles. The summed E-state index contributed by atoms with van der Waals surface area (Å²) in [7, 11) is 0. The van der Waals surface area contributed by atoms with Gasteiger partial charge in [-0.05, 0) is 33.1 Å². The summed E-state index contributed by atoms with van der Waals surface area (Å²) in [5, 5.41) is 8.74. The van der Waals surface area contributed by atoms with Gasteiger partial charge in [-0.2, -0.15) is 19.6 Å². The van der Waals surface area contributed by atoms with Crippen molar-refractivity contribution in [1.82, 2.24) is 21.3 Å². The normalized spacial score (nSPS) is 14.2. The molecule has 0 saturated carbocycles. The molecule has 207 valence electrons. The smallest absolute Gasteiger partial charge is 0.308 e. The minimum Gasteiger partial charge on any atom is -0.540 e. The molecule has 4 amide bonds. The van der Waals surface area contributed by atoms with Crippen molar-refractivity contribution in [3.8, 4) is 0 Å². The van der Waals surface area contributed by atoms with Gasteiger partial charge in [0.05, 0.1) is 30.2 Å². The summed E-state index contributed by atoms with van der Waals surface area (Å²) in [6.07, 6.45) is 2.19. The third-order valence-electron chi connectivity index (χ3n) is 4.50. The van der Waals surface area contributed by atoms with Crippen LogP contribution in [0.25, 0.3) is 0 Å². The van der Waals surface area contributed by atoms with E-state index < -0.39 is 71.7 Å². The van der Waals surface area contributed by atoms with Crippen LogP contribution in [0.1, 0.15) is 54.7 Å². The zero-order chi connectivity index (χ0) is 27.8. The number of nitrogens with one attached hydrogen (secondary N) is 4. The molecule has 0 fully saturated rings. The van der Waals surface area contributed by atoms with Crippen molar-refractivity contribution in [2.75, 3.05) is 6.61 Å². The Kier molecular flexibility index (Phi) is 22.9. The Morgan fingerprint density at radius 2 is 1.59 bits per heavy atom. The van der Waals surface area contributed by atoms with Crippen LogP contribution in [0.5, 0.6) is 0 Å². The van der Waals surface area contributed by atoms with E-state index in [1.165, 1.54) is 34.1 Å². The van der Waals surface area contributed by atoms with Crippen molar-refractivity contribution >= 4 is 54.8 Å². The Morgan fingerprint density at radius 1 is 1.00 bits per heavy atom. The summed E-state index contributed by atoms with van der Waals surface area (Å²) in [5.74, 6) is -3.27. The van der Waals surface area contributed by atoms with Crippen LogP contribution in [0.2, 0.25) is 0 Å². The van der Waals surface area contributed by atoms with Crippen molar-refractivity contribution in [3.05, 3.63) is 6.42 Å². The third kappa shape index (κ3) is 18.4.